The molecule has 0 saturated heterocycles. The number of benzene rings is 2. The second kappa shape index (κ2) is 5.24. The highest BCUT2D eigenvalue weighted by Gasteiger charge is 2.14. The van der Waals surface area contributed by atoms with Gasteiger partial charge in [-0.3, -0.25) is 4.79 Å². The van der Waals surface area contributed by atoms with Crippen LogP contribution in [0.1, 0.15) is 51.0 Å². The van der Waals surface area contributed by atoms with Gasteiger partial charge >= 0.3 is 0 Å². The standard InChI is InChI=1S/C19H20O/c1-13-9-14(2)11-18(10-13)19(20)17-8-7-15-5-3-4-6-16(15)12-17/h7-12H,3-6H2,1-2H3. The smallest absolute Gasteiger partial charge is 0.193 e. The molecule has 0 bridgehead atoms. The molecule has 0 saturated carbocycles. The van der Waals surface area contributed by atoms with E-state index in [1.54, 1.807) is 0 Å². The van der Waals surface area contributed by atoms with E-state index < -0.39 is 0 Å². The van der Waals surface area contributed by atoms with Gasteiger partial charge < -0.3 is 0 Å². The number of hydrogen-bond acceptors (Lipinski definition) is 1. The van der Waals surface area contributed by atoms with Crippen LogP contribution in [0.5, 0.6) is 0 Å². The largest absolute Gasteiger partial charge is 0.289 e. The van der Waals surface area contributed by atoms with Crippen LogP contribution in [-0.4, -0.2) is 5.78 Å². The van der Waals surface area contributed by atoms with Gasteiger partial charge in [0.05, 0.1) is 0 Å². The minimum atomic E-state index is 0.144. The third-order valence-corrected chi connectivity index (χ3v) is 4.09. The third-order valence-electron chi connectivity index (χ3n) is 4.09. The molecule has 0 atom stereocenters. The molecule has 0 heterocycles. The van der Waals surface area contributed by atoms with E-state index in [0.717, 1.165) is 35.1 Å². The topological polar surface area (TPSA) is 17.1 Å². The first-order valence-corrected chi connectivity index (χ1v) is 7.38. The number of rotatable bonds is 2. The number of carbonyl (C=O) groups is 1. The van der Waals surface area contributed by atoms with Gasteiger partial charge in [0.25, 0.3) is 0 Å². The van der Waals surface area contributed by atoms with Gasteiger partial charge in [0.2, 0.25) is 0 Å². The lowest BCUT2D eigenvalue weighted by molar-refractivity contribution is 0.103. The molecular weight excluding hydrogens is 244 g/mol. The zero-order valence-electron chi connectivity index (χ0n) is 12.2. The van der Waals surface area contributed by atoms with E-state index in [1.165, 1.54) is 24.0 Å². The van der Waals surface area contributed by atoms with Gasteiger partial charge in [0.15, 0.2) is 5.78 Å². The number of fused-ring (bicyclic) bond motifs is 1. The molecule has 2 aromatic carbocycles. The Morgan fingerprint density at radius 3 is 2.15 bits per heavy atom. The van der Waals surface area contributed by atoms with E-state index in [-0.39, 0.29) is 5.78 Å². The normalized spacial score (nSPS) is 13.9. The van der Waals surface area contributed by atoms with Crippen molar-refractivity contribution in [1.29, 1.82) is 0 Å². The van der Waals surface area contributed by atoms with Crippen LogP contribution >= 0.6 is 0 Å². The van der Waals surface area contributed by atoms with E-state index in [2.05, 4.69) is 18.2 Å². The molecular formula is C19H20O. The molecule has 102 valence electrons. The summed E-state index contributed by atoms with van der Waals surface area (Å²) in [6.45, 7) is 4.08. The van der Waals surface area contributed by atoms with Crippen molar-refractivity contribution < 1.29 is 4.79 Å². The van der Waals surface area contributed by atoms with Gasteiger partial charge in [-0.2, -0.15) is 0 Å². The van der Waals surface area contributed by atoms with Crippen LogP contribution in [0.4, 0.5) is 0 Å². The Kier molecular flexibility index (Phi) is 3.43. The zero-order valence-corrected chi connectivity index (χ0v) is 12.2. The van der Waals surface area contributed by atoms with Crippen molar-refractivity contribution in [3.63, 3.8) is 0 Å². The summed E-state index contributed by atoms with van der Waals surface area (Å²) < 4.78 is 0. The Hall–Kier alpha value is -1.89. The summed E-state index contributed by atoms with van der Waals surface area (Å²) in [6, 6.07) is 12.3. The first kappa shape index (κ1) is 13.1. The maximum Gasteiger partial charge on any atom is 0.193 e. The molecule has 0 radical (unpaired) electrons. The highest BCUT2D eigenvalue weighted by atomic mass is 16.1. The van der Waals surface area contributed by atoms with E-state index in [1.807, 2.05) is 32.0 Å². The lowest BCUT2D eigenvalue weighted by Gasteiger charge is -2.16. The first-order chi connectivity index (χ1) is 9.63. The van der Waals surface area contributed by atoms with E-state index in [0.29, 0.717) is 0 Å². The van der Waals surface area contributed by atoms with E-state index in [4.69, 9.17) is 0 Å². The summed E-state index contributed by atoms with van der Waals surface area (Å²) in [7, 11) is 0. The van der Waals surface area contributed by atoms with E-state index in [9.17, 15) is 4.79 Å². The van der Waals surface area contributed by atoms with Crippen molar-refractivity contribution in [2.75, 3.05) is 0 Å². The minimum absolute atomic E-state index is 0.144. The number of carbonyl (C=O) groups excluding carboxylic acids is 1. The maximum atomic E-state index is 12.6. The molecule has 1 nitrogen and oxygen atoms in total. The van der Waals surface area contributed by atoms with Gasteiger partial charge in [-0.25, -0.2) is 0 Å². The lowest BCUT2D eigenvalue weighted by Crippen LogP contribution is -2.07. The van der Waals surface area contributed by atoms with Crippen LogP contribution in [0.15, 0.2) is 36.4 Å². The summed E-state index contributed by atoms with van der Waals surface area (Å²) >= 11 is 0. The maximum absolute atomic E-state index is 12.6. The summed E-state index contributed by atoms with van der Waals surface area (Å²) in [5.41, 5.74) is 6.71. The summed E-state index contributed by atoms with van der Waals surface area (Å²) in [5, 5.41) is 0. The molecule has 1 aliphatic carbocycles. The van der Waals surface area contributed by atoms with Crippen molar-refractivity contribution in [1.82, 2.24) is 0 Å². The van der Waals surface area contributed by atoms with Crippen LogP contribution in [-0.2, 0) is 12.8 Å². The fourth-order valence-electron chi connectivity index (χ4n) is 3.15. The zero-order chi connectivity index (χ0) is 14.1. The van der Waals surface area contributed by atoms with Crippen LogP contribution in [0.25, 0.3) is 0 Å². The SMILES string of the molecule is Cc1cc(C)cc(C(=O)c2ccc3c(c2)CCCC3)c1. The van der Waals surface area contributed by atoms with Crippen molar-refractivity contribution in [3.8, 4) is 0 Å². The number of hydrogen-bond donors (Lipinski definition) is 0. The Morgan fingerprint density at radius 2 is 1.45 bits per heavy atom. The van der Waals surface area contributed by atoms with Crippen LogP contribution in [0.3, 0.4) is 0 Å². The Bertz CT molecular complexity index is 647. The highest BCUT2D eigenvalue weighted by molar-refractivity contribution is 6.09. The van der Waals surface area contributed by atoms with Crippen LogP contribution in [0.2, 0.25) is 0 Å². The van der Waals surface area contributed by atoms with Gasteiger partial charge in [0, 0.05) is 11.1 Å². The second-order valence-corrected chi connectivity index (χ2v) is 5.90. The van der Waals surface area contributed by atoms with Crippen molar-refractivity contribution in [2.45, 2.75) is 39.5 Å². The first-order valence-electron chi connectivity index (χ1n) is 7.38. The Balaban J connectivity index is 1.97. The summed E-state index contributed by atoms with van der Waals surface area (Å²) in [5.74, 6) is 0.144. The molecule has 1 aliphatic rings. The van der Waals surface area contributed by atoms with Gasteiger partial charge in [-0.05, 0) is 68.9 Å². The van der Waals surface area contributed by atoms with Crippen LogP contribution in [0, 0.1) is 13.8 Å². The molecule has 20 heavy (non-hydrogen) atoms. The highest BCUT2D eigenvalue weighted by Crippen LogP contribution is 2.23. The second-order valence-electron chi connectivity index (χ2n) is 5.90. The third kappa shape index (κ3) is 2.53. The lowest BCUT2D eigenvalue weighted by atomic mass is 9.89. The molecule has 0 aliphatic heterocycles. The monoisotopic (exact) mass is 264 g/mol. The molecule has 1 heteroatoms. The molecule has 3 rings (SSSR count). The van der Waals surface area contributed by atoms with Gasteiger partial charge in [0.1, 0.15) is 0 Å². The molecule has 0 N–H and O–H groups in total. The number of aryl methyl sites for hydroxylation is 4. The van der Waals surface area contributed by atoms with Crippen molar-refractivity contribution in [2.24, 2.45) is 0 Å². The Labute approximate surface area is 120 Å². The van der Waals surface area contributed by atoms with Gasteiger partial charge in [-0.15, -0.1) is 0 Å². The van der Waals surface area contributed by atoms with Crippen molar-refractivity contribution >= 4 is 5.78 Å². The predicted octanol–water partition coefficient (Wildman–Crippen LogP) is 4.41. The van der Waals surface area contributed by atoms with Crippen molar-refractivity contribution in [3.05, 3.63) is 69.8 Å². The predicted molar refractivity (Wildman–Crippen MR) is 82.4 cm³/mol. The van der Waals surface area contributed by atoms with Crippen LogP contribution < -0.4 is 0 Å². The molecule has 0 aromatic heterocycles. The Morgan fingerprint density at radius 1 is 0.800 bits per heavy atom. The average Bonchev–Trinajstić information content (AvgIpc) is 2.45. The quantitative estimate of drug-likeness (QED) is 0.734. The fourth-order valence-corrected chi connectivity index (χ4v) is 3.15. The molecule has 2 aromatic rings. The van der Waals surface area contributed by atoms with E-state index >= 15 is 0 Å². The minimum Gasteiger partial charge on any atom is -0.289 e. The average molecular weight is 264 g/mol. The summed E-state index contributed by atoms with van der Waals surface area (Å²) in [6.07, 6.45) is 4.79. The molecule has 0 fully saturated rings. The van der Waals surface area contributed by atoms with Gasteiger partial charge in [-0.1, -0.05) is 29.3 Å². The fraction of sp³-hybridized carbons (Fsp3) is 0.316. The molecule has 0 amide bonds. The summed E-state index contributed by atoms with van der Waals surface area (Å²) in [4.78, 5) is 12.6. The molecule has 0 spiro atoms. The molecule has 0 unspecified atom stereocenters. The number of ketones is 1.